The van der Waals surface area contributed by atoms with Crippen molar-refractivity contribution in [2.75, 3.05) is 30.4 Å². The largest absolute Gasteiger partial charge is 0.396 e. The highest BCUT2D eigenvalue weighted by molar-refractivity contribution is 7.99. The lowest BCUT2D eigenvalue weighted by Crippen LogP contribution is -2.35. The van der Waals surface area contributed by atoms with Gasteiger partial charge in [-0.3, -0.25) is 0 Å². The summed E-state index contributed by atoms with van der Waals surface area (Å²) < 4.78 is 0. The highest BCUT2D eigenvalue weighted by atomic mass is 32.2. The van der Waals surface area contributed by atoms with Crippen LogP contribution in [0.1, 0.15) is 17.7 Å². The molecule has 1 aromatic rings. The van der Waals surface area contributed by atoms with Crippen molar-refractivity contribution >= 4 is 33.8 Å². The summed E-state index contributed by atoms with van der Waals surface area (Å²) in [5, 5.41) is 16.9. The van der Waals surface area contributed by atoms with Crippen LogP contribution in [0.15, 0.2) is 4.90 Å². The first-order chi connectivity index (χ1) is 8.26. The molecule has 0 radical (unpaired) electrons. The van der Waals surface area contributed by atoms with Crippen LogP contribution < -0.4 is 16.4 Å². The first-order valence-corrected chi connectivity index (χ1v) is 7.64. The molecule has 1 aliphatic heterocycles. The average Bonchev–Trinajstić information content (AvgIpc) is 2.66. The Labute approximate surface area is 110 Å². The Morgan fingerprint density at radius 3 is 2.82 bits per heavy atom. The monoisotopic (exact) mass is 268 g/mol. The van der Waals surface area contributed by atoms with Crippen LogP contribution in [0.3, 0.4) is 0 Å². The van der Waals surface area contributed by atoms with Crippen molar-refractivity contribution in [1.82, 2.24) is 5.32 Å². The molecule has 0 aromatic carbocycles. The summed E-state index contributed by atoms with van der Waals surface area (Å²) in [4.78, 5) is 1.64. The number of nitrogens with one attached hydrogen (secondary N) is 2. The van der Waals surface area contributed by atoms with E-state index in [-0.39, 0.29) is 0 Å². The molecule has 0 spiro atoms. The fourth-order valence-corrected chi connectivity index (χ4v) is 3.86. The van der Waals surface area contributed by atoms with Crippen molar-refractivity contribution in [3.8, 4) is 6.07 Å². The molecule has 1 aromatic heterocycles. The van der Waals surface area contributed by atoms with Crippen LogP contribution in [0, 0.1) is 11.3 Å². The van der Waals surface area contributed by atoms with E-state index in [4.69, 9.17) is 11.0 Å². The van der Waals surface area contributed by atoms with E-state index < -0.39 is 0 Å². The van der Waals surface area contributed by atoms with Gasteiger partial charge in [0.25, 0.3) is 0 Å². The standard InChI is InChI=1S/C11H16N4S2/c1-16-10-9(13)8(6-12)17-11(10)15-7-2-4-14-5-3-7/h7,14-15H,2-5,13H2,1H3. The maximum Gasteiger partial charge on any atom is 0.131 e. The van der Waals surface area contributed by atoms with Gasteiger partial charge in [-0.15, -0.1) is 23.1 Å². The van der Waals surface area contributed by atoms with Crippen LogP contribution in [-0.2, 0) is 0 Å². The van der Waals surface area contributed by atoms with Crippen LogP contribution in [0.25, 0.3) is 0 Å². The Morgan fingerprint density at radius 2 is 2.24 bits per heavy atom. The predicted molar refractivity (Wildman–Crippen MR) is 74.7 cm³/mol. The minimum atomic E-state index is 0.492. The van der Waals surface area contributed by atoms with Gasteiger partial charge in [0, 0.05) is 6.04 Å². The molecular formula is C11H16N4S2. The Kier molecular flexibility index (Phi) is 4.15. The lowest BCUT2D eigenvalue weighted by molar-refractivity contribution is 0.479. The first-order valence-electron chi connectivity index (χ1n) is 5.60. The number of anilines is 2. The maximum absolute atomic E-state index is 8.99. The number of hydrogen-bond donors (Lipinski definition) is 3. The highest BCUT2D eigenvalue weighted by Gasteiger charge is 2.19. The second-order valence-corrected chi connectivity index (χ2v) is 5.82. The molecule has 4 nitrogen and oxygen atoms in total. The molecule has 2 rings (SSSR count). The molecule has 0 saturated carbocycles. The van der Waals surface area contributed by atoms with Crippen molar-refractivity contribution in [2.45, 2.75) is 23.8 Å². The number of hydrogen-bond acceptors (Lipinski definition) is 6. The van der Waals surface area contributed by atoms with Crippen LogP contribution in [0.2, 0.25) is 0 Å². The van der Waals surface area contributed by atoms with Crippen LogP contribution in [0.4, 0.5) is 10.7 Å². The van der Waals surface area contributed by atoms with Gasteiger partial charge in [0.1, 0.15) is 15.9 Å². The molecule has 1 saturated heterocycles. The van der Waals surface area contributed by atoms with Crippen LogP contribution in [-0.4, -0.2) is 25.4 Å². The smallest absolute Gasteiger partial charge is 0.131 e. The maximum atomic E-state index is 8.99. The normalized spacial score (nSPS) is 16.7. The Morgan fingerprint density at radius 1 is 1.53 bits per heavy atom. The number of thiophene rings is 1. The molecule has 0 atom stereocenters. The number of thioether (sulfide) groups is 1. The third-order valence-corrected chi connectivity index (χ3v) is 4.88. The molecule has 2 heterocycles. The van der Waals surface area contributed by atoms with E-state index in [9.17, 15) is 0 Å². The summed E-state index contributed by atoms with van der Waals surface area (Å²) in [7, 11) is 0. The van der Waals surface area contributed by atoms with E-state index in [0.717, 1.165) is 35.8 Å². The minimum absolute atomic E-state index is 0.492. The first kappa shape index (κ1) is 12.6. The number of piperidine rings is 1. The van der Waals surface area contributed by atoms with Gasteiger partial charge in [0.2, 0.25) is 0 Å². The summed E-state index contributed by atoms with van der Waals surface area (Å²) in [5.41, 5.74) is 6.57. The van der Waals surface area contributed by atoms with E-state index in [0.29, 0.717) is 16.6 Å². The molecule has 17 heavy (non-hydrogen) atoms. The fourth-order valence-electron chi connectivity index (χ4n) is 1.96. The topological polar surface area (TPSA) is 73.9 Å². The highest BCUT2D eigenvalue weighted by Crippen LogP contribution is 2.41. The molecule has 4 N–H and O–H groups in total. The summed E-state index contributed by atoms with van der Waals surface area (Å²) in [6, 6.07) is 2.65. The van der Waals surface area contributed by atoms with Gasteiger partial charge < -0.3 is 16.4 Å². The Hall–Kier alpha value is -0.900. The lowest BCUT2D eigenvalue weighted by Gasteiger charge is -2.24. The Bertz CT molecular complexity index is 429. The zero-order valence-corrected chi connectivity index (χ0v) is 11.4. The number of nitrogen functional groups attached to an aromatic ring is 1. The molecule has 0 amide bonds. The van der Waals surface area contributed by atoms with Gasteiger partial charge in [-0.25, -0.2) is 0 Å². The van der Waals surface area contributed by atoms with Gasteiger partial charge in [0.15, 0.2) is 0 Å². The molecule has 0 unspecified atom stereocenters. The van der Waals surface area contributed by atoms with Crippen molar-refractivity contribution < 1.29 is 0 Å². The number of rotatable bonds is 3. The predicted octanol–water partition coefficient (Wildman–Crippen LogP) is 2.09. The van der Waals surface area contributed by atoms with Gasteiger partial charge in [-0.1, -0.05) is 0 Å². The summed E-state index contributed by atoms with van der Waals surface area (Å²) in [5.74, 6) is 0. The average molecular weight is 268 g/mol. The number of nitriles is 1. The van der Waals surface area contributed by atoms with E-state index in [1.54, 1.807) is 11.8 Å². The molecule has 1 fully saturated rings. The molecular weight excluding hydrogens is 252 g/mol. The third kappa shape index (κ3) is 2.68. The summed E-state index contributed by atoms with van der Waals surface area (Å²) in [6.45, 7) is 2.11. The van der Waals surface area contributed by atoms with Crippen LogP contribution >= 0.6 is 23.1 Å². The van der Waals surface area contributed by atoms with Gasteiger partial charge >= 0.3 is 0 Å². The van der Waals surface area contributed by atoms with Crippen molar-refractivity contribution in [3.05, 3.63) is 4.88 Å². The van der Waals surface area contributed by atoms with E-state index in [1.165, 1.54) is 11.3 Å². The Balaban J connectivity index is 2.17. The lowest BCUT2D eigenvalue weighted by atomic mass is 10.1. The third-order valence-electron chi connectivity index (χ3n) is 2.88. The molecule has 1 aliphatic rings. The molecule has 92 valence electrons. The van der Waals surface area contributed by atoms with Crippen molar-refractivity contribution in [2.24, 2.45) is 0 Å². The van der Waals surface area contributed by atoms with E-state index in [2.05, 4.69) is 16.7 Å². The van der Waals surface area contributed by atoms with Crippen molar-refractivity contribution in [3.63, 3.8) is 0 Å². The summed E-state index contributed by atoms with van der Waals surface area (Å²) in [6.07, 6.45) is 4.23. The van der Waals surface area contributed by atoms with E-state index in [1.807, 2.05) is 6.26 Å². The minimum Gasteiger partial charge on any atom is -0.396 e. The zero-order chi connectivity index (χ0) is 12.3. The fraction of sp³-hybridized carbons (Fsp3) is 0.545. The molecule has 6 heteroatoms. The van der Waals surface area contributed by atoms with Gasteiger partial charge in [-0.2, -0.15) is 5.26 Å². The molecule has 0 bridgehead atoms. The number of nitrogens with two attached hydrogens (primary N) is 1. The SMILES string of the molecule is CSc1c(NC2CCNCC2)sc(C#N)c1N. The quantitative estimate of drug-likeness (QED) is 0.732. The molecule has 0 aliphatic carbocycles. The van der Waals surface area contributed by atoms with Gasteiger partial charge in [-0.05, 0) is 32.2 Å². The summed E-state index contributed by atoms with van der Waals surface area (Å²) >= 11 is 3.07. The van der Waals surface area contributed by atoms with E-state index >= 15 is 0 Å². The second kappa shape index (κ2) is 5.63. The van der Waals surface area contributed by atoms with Crippen LogP contribution in [0.5, 0.6) is 0 Å². The zero-order valence-electron chi connectivity index (χ0n) is 9.75. The van der Waals surface area contributed by atoms with Gasteiger partial charge in [0.05, 0.1) is 10.6 Å². The van der Waals surface area contributed by atoms with Crippen molar-refractivity contribution in [1.29, 1.82) is 5.26 Å². The number of nitrogens with zero attached hydrogens (tertiary/aromatic N) is 1. The second-order valence-electron chi connectivity index (χ2n) is 3.99.